The molecule has 0 N–H and O–H groups in total. The number of amides is 1. The molecule has 6 nitrogen and oxygen atoms in total. The van der Waals surface area contributed by atoms with Gasteiger partial charge in [-0.05, 0) is 37.9 Å². The molecule has 1 aromatic heterocycles. The molecule has 1 amide bonds. The number of imidazole rings is 1. The normalized spacial score (nSPS) is 24.8. The summed E-state index contributed by atoms with van der Waals surface area (Å²) in [6.07, 6.45) is 6.83. The Morgan fingerprint density at radius 1 is 1.19 bits per heavy atom. The minimum Gasteiger partial charge on any atom is -0.363 e. The zero-order chi connectivity index (χ0) is 18.0. The molecule has 6 heteroatoms. The van der Waals surface area contributed by atoms with E-state index in [0.29, 0.717) is 6.54 Å². The number of aryl methyl sites for hydroxylation is 1. The third kappa shape index (κ3) is 3.52. The summed E-state index contributed by atoms with van der Waals surface area (Å²) in [6, 6.07) is 9.94. The molecule has 3 heterocycles. The SMILES string of the molecule is Cn1ccnc1CN1CCCC2(CC1)CN(c1ccccc1)C(=O)CO2. The summed E-state index contributed by atoms with van der Waals surface area (Å²) in [5.74, 6) is 1.14. The van der Waals surface area contributed by atoms with Gasteiger partial charge in [-0.1, -0.05) is 18.2 Å². The highest BCUT2D eigenvalue weighted by Gasteiger charge is 2.41. The number of carbonyl (C=O) groups excluding carboxylic acids is 1. The van der Waals surface area contributed by atoms with E-state index < -0.39 is 0 Å². The lowest BCUT2D eigenvalue weighted by Crippen LogP contribution is -2.55. The number of hydrogen-bond acceptors (Lipinski definition) is 4. The van der Waals surface area contributed by atoms with Gasteiger partial charge in [-0.25, -0.2) is 4.98 Å². The van der Waals surface area contributed by atoms with Crippen molar-refractivity contribution < 1.29 is 9.53 Å². The first-order chi connectivity index (χ1) is 12.7. The molecule has 1 unspecified atom stereocenters. The van der Waals surface area contributed by atoms with Crippen LogP contribution in [0.1, 0.15) is 25.1 Å². The predicted molar refractivity (Wildman–Crippen MR) is 99.8 cm³/mol. The van der Waals surface area contributed by atoms with Gasteiger partial charge in [0.1, 0.15) is 12.4 Å². The van der Waals surface area contributed by atoms with Crippen LogP contribution in [-0.2, 0) is 23.1 Å². The van der Waals surface area contributed by atoms with Crippen molar-refractivity contribution in [1.82, 2.24) is 14.5 Å². The molecule has 0 saturated carbocycles. The molecule has 2 fully saturated rings. The van der Waals surface area contributed by atoms with E-state index in [4.69, 9.17) is 4.74 Å². The monoisotopic (exact) mass is 354 g/mol. The van der Waals surface area contributed by atoms with Gasteiger partial charge in [-0.2, -0.15) is 0 Å². The van der Waals surface area contributed by atoms with Crippen LogP contribution in [0.4, 0.5) is 5.69 Å². The molecule has 138 valence electrons. The summed E-state index contributed by atoms with van der Waals surface area (Å²) in [4.78, 5) is 21.2. The van der Waals surface area contributed by atoms with E-state index >= 15 is 0 Å². The van der Waals surface area contributed by atoms with Gasteiger partial charge in [0.05, 0.1) is 18.7 Å². The van der Waals surface area contributed by atoms with Gasteiger partial charge in [-0.15, -0.1) is 0 Å². The first-order valence-electron chi connectivity index (χ1n) is 9.33. The number of morpholine rings is 1. The van der Waals surface area contributed by atoms with Gasteiger partial charge in [-0.3, -0.25) is 9.69 Å². The number of likely N-dealkylation sites (tertiary alicyclic amines) is 1. The molecule has 1 atom stereocenters. The summed E-state index contributed by atoms with van der Waals surface area (Å²) in [5, 5.41) is 0. The van der Waals surface area contributed by atoms with Gasteiger partial charge in [0.2, 0.25) is 0 Å². The molecule has 1 spiro atoms. The first kappa shape index (κ1) is 17.2. The standard InChI is InChI=1S/C20H26N4O2/c1-22-13-10-21-18(22)14-23-11-5-8-20(9-12-23)16-24(19(25)15-26-20)17-6-3-2-4-7-17/h2-4,6-7,10,13H,5,8-9,11-12,14-16H2,1H3. The maximum Gasteiger partial charge on any atom is 0.253 e. The Bertz CT molecular complexity index is 760. The fraction of sp³-hybridized carbons (Fsp3) is 0.500. The second kappa shape index (κ2) is 7.21. The zero-order valence-electron chi connectivity index (χ0n) is 15.3. The number of hydrogen-bond donors (Lipinski definition) is 0. The fourth-order valence-corrected chi connectivity index (χ4v) is 3.99. The number of aromatic nitrogens is 2. The van der Waals surface area contributed by atoms with Crippen LogP contribution in [-0.4, -0.2) is 52.2 Å². The lowest BCUT2D eigenvalue weighted by Gasteiger charge is -2.42. The highest BCUT2D eigenvalue weighted by molar-refractivity contribution is 5.95. The Kier molecular flexibility index (Phi) is 4.78. The maximum atomic E-state index is 12.4. The van der Waals surface area contributed by atoms with Crippen LogP contribution >= 0.6 is 0 Å². The van der Waals surface area contributed by atoms with E-state index in [-0.39, 0.29) is 18.1 Å². The van der Waals surface area contributed by atoms with Crippen molar-refractivity contribution >= 4 is 11.6 Å². The Morgan fingerprint density at radius 2 is 2.04 bits per heavy atom. The van der Waals surface area contributed by atoms with E-state index in [1.807, 2.05) is 54.7 Å². The number of ether oxygens (including phenoxy) is 1. The third-order valence-electron chi connectivity index (χ3n) is 5.59. The average molecular weight is 354 g/mol. The third-order valence-corrected chi connectivity index (χ3v) is 5.59. The minimum atomic E-state index is -0.236. The van der Waals surface area contributed by atoms with Crippen LogP contribution in [0.25, 0.3) is 0 Å². The van der Waals surface area contributed by atoms with E-state index in [0.717, 1.165) is 50.4 Å². The van der Waals surface area contributed by atoms with Gasteiger partial charge in [0.25, 0.3) is 5.91 Å². The number of nitrogens with zero attached hydrogens (tertiary/aromatic N) is 4. The molecular formula is C20H26N4O2. The smallest absolute Gasteiger partial charge is 0.253 e. The van der Waals surface area contributed by atoms with Crippen molar-refractivity contribution in [3.63, 3.8) is 0 Å². The maximum absolute atomic E-state index is 12.4. The molecule has 0 aliphatic carbocycles. The Labute approximate surface area is 154 Å². The van der Waals surface area contributed by atoms with E-state index in [1.54, 1.807) is 0 Å². The fourth-order valence-electron chi connectivity index (χ4n) is 3.99. The van der Waals surface area contributed by atoms with E-state index in [1.165, 1.54) is 0 Å². The van der Waals surface area contributed by atoms with Gasteiger partial charge >= 0.3 is 0 Å². The van der Waals surface area contributed by atoms with Crippen LogP contribution < -0.4 is 4.90 Å². The first-order valence-corrected chi connectivity index (χ1v) is 9.33. The zero-order valence-corrected chi connectivity index (χ0v) is 15.3. The minimum absolute atomic E-state index is 0.0518. The van der Waals surface area contributed by atoms with Gasteiger partial charge < -0.3 is 14.2 Å². The highest BCUT2D eigenvalue weighted by atomic mass is 16.5. The van der Waals surface area contributed by atoms with Crippen LogP contribution in [0.15, 0.2) is 42.7 Å². The number of para-hydroxylation sites is 1. The Hall–Kier alpha value is -2.18. The van der Waals surface area contributed by atoms with E-state index in [2.05, 4.69) is 14.5 Å². The van der Waals surface area contributed by atoms with Crippen molar-refractivity contribution in [2.75, 3.05) is 31.1 Å². The number of anilines is 1. The van der Waals surface area contributed by atoms with Crippen molar-refractivity contribution in [1.29, 1.82) is 0 Å². The van der Waals surface area contributed by atoms with Crippen LogP contribution in [0.2, 0.25) is 0 Å². The molecule has 2 aliphatic heterocycles. The lowest BCUT2D eigenvalue weighted by atomic mass is 9.92. The van der Waals surface area contributed by atoms with Crippen LogP contribution in [0.3, 0.4) is 0 Å². The summed E-state index contributed by atoms with van der Waals surface area (Å²) in [7, 11) is 2.04. The summed E-state index contributed by atoms with van der Waals surface area (Å²) in [6.45, 7) is 3.68. The van der Waals surface area contributed by atoms with Crippen molar-refractivity contribution in [2.24, 2.45) is 7.05 Å². The molecule has 2 aromatic rings. The van der Waals surface area contributed by atoms with Crippen LogP contribution in [0.5, 0.6) is 0 Å². The second-order valence-corrected chi connectivity index (χ2v) is 7.37. The van der Waals surface area contributed by atoms with Gasteiger partial charge in [0.15, 0.2) is 0 Å². The summed E-state index contributed by atoms with van der Waals surface area (Å²) < 4.78 is 8.20. The van der Waals surface area contributed by atoms with E-state index in [9.17, 15) is 4.79 Å². The molecule has 2 aliphatic rings. The quantitative estimate of drug-likeness (QED) is 0.848. The van der Waals surface area contributed by atoms with Crippen molar-refractivity contribution in [3.05, 3.63) is 48.5 Å². The molecule has 0 radical (unpaired) electrons. The Morgan fingerprint density at radius 3 is 2.81 bits per heavy atom. The summed E-state index contributed by atoms with van der Waals surface area (Å²) >= 11 is 0. The predicted octanol–water partition coefficient (Wildman–Crippen LogP) is 2.21. The lowest BCUT2D eigenvalue weighted by molar-refractivity contribution is -0.140. The summed E-state index contributed by atoms with van der Waals surface area (Å²) in [5.41, 5.74) is 0.731. The number of carbonyl (C=O) groups is 1. The topological polar surface area (TPSA) is 50.6 Å². The van der Waals surface area contributed by atoms with Crippen molar-refractivity contribution in [3.8, 4) is 0 Å². The number of rotatable bonds is 3. The second-order valence-electron chi connectivity index (χ2n) is 7.37. The Balaban J connectivity index is 1.45. The van der Waals surface area contributed by atoms with Crippen molar-refractivity contribution in [2.45, 2.75) is 31.4 Å². The average Bonchev–Trinajstić information content (AvgIpc) is 2.96. The molecule has 4 rings (SSSR count). The van der Waals surface area contributed by atoms with Crippen LogP contribution in [0, 0.1) is 0 Å². The molecule has 0 bridgehead atoms. The highest BCUT2D eigenvalue weighted by Crippen LogP contribution is 2.33. The number of benzene rings is 1. The largest absolute Gasteiger partial charge is 0.363 e. The molecular weight excluding hydrogens is 328 g/mol. The molecule has 2 saturated heterocycles. The molecule has 1 aromatic carbocycles. The molecule has 26 heavy (non-hydrogen) atoms. The van der Waals surface area contributed by atoms with Gasteiger partial charge in [0, 0.05) is 31.7 Å².